The maximum absolute atomic E-state index is 12.3. The van der Waals surface area contributed by atoms with Crippen LogP contribution in [0.5, 0.6) is 0 Å². The van der Waals surface area contributed by atoms with Gasteiger partial charge in [-0.05, 0) is 38.1 Å². The number of fused-ring (bicyclic) bond motifs is 1. The van der Waals surface area contributed by atoms with Crippen molar-refractivity contribution < 1.29 is 27.6 Å². The Balaban J connectivity index is 1.71. The van der Waals surface area contributed by atoms with Crippen LogP contribution in [0.3, 0.4) is 0 Å². The van der Waals surface area contributed by atoms with Crippen LogP contribution in [0.25, 0.3) is 0 Å². The highest BCUT2D eigenvalue weighted by atomic mass is 32.2. The van der Waals surface area contributed by atoms with Crippen molar-refractivity contribution >= 4 is 27.8 Å². The monoisotopic (exact) mass is 388 g/mol. The van der Waals surface area contributed by atoms with Crippen molar-refractivity contribution in [2.75, 3.05) is 0 Å². The number of benzene rings is 2. The molecule has 2 aromatic rings. The van der Waals surface area contributed by atoms with Gasteiger partial charge in [0.1, 0.15) is 6.04 Å². The minimum atomic E-state index is -3.97. The van der Waals surface area contributed by atoms with Gasteiger partial charge < -0.3 is 4.84 Å². The first-order valence-electron chi connectivity index (χ1n) is 7.99. The standard InChI is InChI=1S/C18H16N2O6S/c1-11-7-9-13(10-8-11)27(24,25)19-12(2)18(23)26-20-16(21)14-5-3-4-6-15(14)17(20)22/h3-10,12,19H,1-2H3. The first kappa shape index (κ1) is 18.7. The molecule has 1 atom stereocenters. The average Bonchev–Trinajstić information content (AvgIpc) is 2.87. The first-order valence-corrected chi connectivity index (χ1v) is 9.47. The number of carbonyl (C=O) groups excluding carboxylic acids is 3. The summed E-state index contributed by atoms with van der Waals surface area (Å²) in [5, 5.41) is 0.337. The second-order valence-electron chi connectivity index (χ2n) is 6.02. The Kier molecular flexibility index (Phi) is 4.81. The number of hydroxylamine groups is 2. The molecule has 8 nitrogen and oxygen atoms in total. The zero-order valence-electron chi connectivity index (χ0n) is 14.5. The summed E-state index contributed by atoms with van der Waals surface area (Å²) < 4.78 is 26.8. The van der Waals surface area contributed by atoms with Crippen molar-refractivity contribution in [3.63, 3.8) is 0 Å². The predicted molar refractivity (Wildman–Crippen MR) is 94.0 cm³/mol. The lowest BCUT2D eigenvalue weighted by molar-refractivity contribution is -0.170. The lowest BCUT2D eigenvalue weighted by atomic mass is 10.1. The number of carbonyl (C=O) groups is 3. The molecule has 1 unspecified atom stereocenters. The minimum Gasteiger partial charge on any atom is -0.328 e. The normalized spacial score (nSPS) is 14.8. The highest BCUT2D eigenvalue weighted by molar-refractivity contribution is 7.89. The van der Waals surface area contributed by atoms with E-state index in [4.69, 9.17) is 4.84 Å². The fourth-order valence-electron chi connectivity index (χ4n) is 2.49. The highest BCUT2D eigenvalue weighted by Gasteiger charge is 2.39. The Morgan fingerprint density at radius 3 is 2.04 bits per heavy atom. The van der Waals surface area contributed by atoms with Crippen LogP contribution in [-0.4, -0.2) is 37.3 Å². The van der Waals surface area contributed by atoms with Crippen molar-refractivity contribution in [3.05, 3.63) is 65.2 Å². The summed E-state index contributed by atoms with van der Waals surface area (Å²) in [6, 6.07) is 10.8. The number of aryl methyl sites for hydroxylation is 1. The number of hydrogen-bond donors (Lipinski definition) is 1. The van der Waals surface area contributed by atoms with Crippen LogP contribution < -0.4 is 4.72 Å². The van der Waals surface area contributed by atoms with Crippen LogP contribution in [0, 0.1) is 6.92 Å². The van der Waals surface area contributed by atoms with Crippen molar-refractivity contribution in [1.29, 1.82) is 0 Å². The van der Waals surface area contributed by atoms with Gasteiger partial charge in [-0.1, -0.05) is 34.9 Å². The largest absolute Gasteiger partial charge is 0.350 e. The molecule has 1 aliphatic heterocycles. The van der Waals surface area contributed by atoms with Crippen LogP contribution in [0.4, 0.5) is 0 Å². The number of nitrogens with zero attached hydrogens (tertiary/aromatic N) is 1. The maximum Gasteiger partial charge on any atom is 0.350 e. The molecule has 9 heteroatoms. The number of amides is 2. The van der Waals surface area contributed by atoms with Crippen LogP contribution >= 0.6 is 0 Å². The van der Waals surface area contributed by atoms with Crippen molar-refractivity contribution in [2.45, 2.75) is 24.8 Å². The van der Waals surface area contributed by atoms with E-state index in [9.17, 15) is 22.8 Å². The van der Waals surface area contributed by atoms with E-state index < -0.39 is 33.8 Å². The smallest absolute Gasteiger partial charge is 0.328 e. The fraction of sp³-hybridized carbons (Fsp3) is 0.167. The molecular formula is C18H16N2O6S. The Labute approximate surface area is 155 Å². The van der Waals surface area contributed by atoms with E-state index in [2.05, 4.69) is 4.72 Å². The molecule has 0 saturated carbocycles. The third kappa shape index (κ3) is 3.60. The molecule has 140 valence electrons. The Hall–Kier alpha value is -3.04. The van der Waals surface area contributed by atoms with E-state index in [1.165, 1.54) is 31.2 Å². The third-order valence-corrected chi connectivity index (χ3v) is 5.51. The summed E-state index contributed by atoms with van der Waals surface area (Å²) in [6.45, 7) is 3.07. The Morgan fingerprint density at radius 1 is 1.00 bits per heavy atom. The third-order valence-electron chi connectivity index (χ3n) is 3.95. The SMILES string of the molecule is Cc1ccc(S(=O)(=O)NC(C)C(=O)ON2C(=O)c3ccccc3C2=O)cc1. The number of imide groups is 1. The fourth-order valence-corrected chi connectivity index (χ4v) is 3.68. The van der Waals surface area contributed by atoms with E-state index in [1.54, 1.807) is 24.3 Å². The van der Waals surface area contributed by atoms with Crippen LogP contribution in [0.15, 0.2) is 53.4 Å². The lowest BCUT2D eigenvalue weighted by Gasteiger charge is -2.17. The first-order chi connectivity index (χ1) is 12.7. The predicted octanol–water partition coefficient (Wildman–Crippen LogP) is 1.42. The summed E-state index contributed by atoms with van der Waals surface area (Å²) in [7, 11) is -3.97. The second kappa shape index (κ2) is 6.93. The molecule has 2 amide bonds. The average molecular weight is 388 g/mol. The van der Waals surface area contributed by atoms with Gasteiger partial charge >= 0.3 is 5.97 Å². The zero-order valence-corrected chi connectivity index (χ0v) is 15.3. The van der Waals surface area contributed by atoms with Gasteiger partial charge in [0, 0.05) is 0 Å². The van der Waals surface area contributed by atoms with Gasteiger partial charge in [0.2, 0.25) is 10.0 Å². The molecule has 27 heavy (non-hydrogen) atoms. The van der Waals surface area contributed by atoms with Gasteiger partial charge in [0.25, 0.3) is 11.8 Å². The van der Waals surface area contributed by atoms with Crippen LogP contribution in [0.1, 0.15) is 33.2 Å². The summed E-state index contributed by atoms with van der Waals surface area (Å²) in [4.78, 5) is 41.4. The summed E-state index contributed by atoms with van der Waals surface area (Å²) in [5.41, 5.74) is 1.11. The molecule has 0 radical (unpaired) electrons. The molecular weight excluding hydrogens is 372 g/mol. The van der Waals surface area contributed by atoms with Crippen molar-refractivity contribution in [3.8, 4) is 0 Å². The van der Waals surface area contributed by atoms with E-state index in [1.807, 2.05) is 6.92 Å². The van der Waals surface area contributed by atoms with E-state index in [-0.39, 0.29) is 16.0 Å². The highest BCUT2D eigenvalue weighted by Crippen LogP contribution is 2.23. The molecule has 2 aromatic carbocycles. The molecule has 1 aliphatic rings. The van der Waals surface area contributed by atoms with Crippen LogP contribution in [-0.2, 0) is 19.7 Å². The minimum absolute atomic E-state index is 0.0199. The molecule has 0 saturated heterocycles. The lowest BCUT2D eigenvalue weighted by Crippen LogP contribution is -2.43. The Bertz CT molecular complexity index is 995. The summed E-state index contributed by atoms with van der Waals surface area (Å²) >= 11 is 0. The molecule has 1 heterocycles. The summed E-state index contributed by atoms with van der Waals surface area (Å²) in [6.07, 6.45) is 0. The van der Waals surface area contributed by atoms with Crippen LogP contribution in [0.2, 0.25) is 0 Å². The number of sulfonamides is 1. The van der Waals surface area contributed by atoms with E-state index in [0.717, 1.165) is 5.56 Å². The molecule has 1 N–H and O–H groups in total. The summed E-state index contributed by atoms with van der Waals surface area (Å²) in [5.74, 6) is -2.64. The van der Waals surface area contributed by atoms with Crippen molar-refractivity contribution in [1.82, 2.24) is 9.79 Å². The quantitative estimate of drug-likeness (QED) is 0.776. The van der Waals surface area contributed by atoms with Gasteiger partial charge in [0.15, 0.2) is 0 Å². The van der Waals surface area contributed by atoms with Gasteiger partial charge in [-0.15, -0.1) is 0 Å². The maximum atomic E-state index is 12.3. The van der Waals surface area contributed by atoms with E-state index in [0.29, 0.717) is 5.06 Å². The molecule has 0 bridgehead atoms. The van der Waals surface area contributed by atoms with Gasteiger partial charge in [-0.2, -0.15) is 4.72 Å². The van der Waals surface area contributed by atoms with Gasteiger partial charge in [0.05, 0.1) is 16.0 Å². The zero-order chi connectivity index (χ0) is 19.8. The topological polar surface area (TPSA) is 110 Å². The van der Waals surface area contributed by atoms with E-state index >= 15 is 0 Å². The second-order valence-corrected chi connectivity index (χ2v) is 7.73. The molecule has 0 aliphatic carbocycles. The van der Waals surface area contributed by atoms with Crippen molar-refractivity contribution in [2.24, 2.45) is 0 Å². The molecule has 0 spiro atoms. The molecule has 0 aromatic heterocycles. The number of hydrogen-bond acceptors (Lipinski definition) is 6. The molecule has 0 fully saturated rings. The molecule has 3 rings (SSSR count). The number of rotatable bonds is 5. The van der Waals surface area contributed by atoms with Gasteiger partial charge in [-0.3, -0.25) is 9.59 Å². The number of nitrogens with one attached hydrogen (secondary N) is 1. The van der Waals surface area contributed by atoms with Gasteiger partial charge in [-0.25, -0.2) is 13.2 Å². The Morgan fingerprint density at radius 2 is 1.52 bits per heavy atom.